The molecular formula is C22H17F2N3O4S. The summed E-state index contributed by atoms with van der Waals surface area (Å²) < 4.78 is 36.0. The van der Waals surface area contributed by atoms with Gasteiger partial charge in [-0.3, -0.25) is 19.3 Å². The SMILES string of the molecule is O=C1c2c(O)c(=O)ccn2N2CN1C/C=C\COc1c(ccc(F)c1F)[C@H]2c1ccsc1. The molecule has 4 heterocycles. The molecule has 0 radical (unpaired) electrons. The van der Waals surface area contributed by atoms with Crippen molar-refractivity contribution in [1.82, 2.24) is 9.58 Å². The summed E-state index contributed by atoms with van der Waals surface area (Å²) in [6.45, 7) is 0.212. The van der Waals surface area contributed by atoms with Crippen molar-refractivity contribution >= 4 is 17.2 Å². The predicted octanol–water partition coefficient (Wildman–Crippen LogP) is 2.98. The first-order valence-electron chi connectivity index (χ1n) is 9.76. The predicted molar refractivity (Wildman–Crippen MR) is 114 cm³/mol. The molecule has 2 aliphatic rings. The molecule has 1 atom stereocenters. The quantitative estimate of drug-likeness (QED) is 0.569. The lowest BCUT2D eigenvalue weighted by atomic mass is 9.98. The highest BCUT2D eigenvalue weighted by molar-refractivity contribution is 7.08. The van der Waals surface area contributed by atoms with Gasteiger partial charge in [0.25, 0.3) is 5.91 Å². The lowest BCUT2D eigenvalue weighted by Gasteiger charge is -2.43. The summed E-state index contributed by atoms with van der Waals surface area (Å²) >= 11 is 1.42. The number of hydrogen-bond acceptors (Lipinski definition) is 6. The van der Waals surface area contributed by atoms with Gasteiger partial charge in [0.1, 0.15) is 19.3 Å². The van der Waals surface area contributed by atoms with Gasteiger partial charge < -0.3 is 14.7 Å². The second kappa shape index (κ2) is 7.79. The van der Waals surface area contributed by atoms with Gasteiger partial charge in [0.15, 0.2) is 23.0 Å². The monoisotopic (exact) mass is 457 g/mol. The van der Waals surface area contributed by atoms with Crippen LogP contribution in [0.2, 0.25) is 0 Å². The first kappa shape index (κ1) is 20.3. The second-order valence-electron chi connectivity index (χ2n) is 7.35. The van der Waals surface area contributed by atoms with Crippen molar-refractivity contribution in [3.8, 4) is 11.5 Å². The minimum absolute atomic E-state index is 0.0260. The molecule has 0 spiro atoms. The highest BCUT2D eigenvalue weighted by Gasteiger charge is 2.38. The number of carbonyl (C=O) groups excluding carboxylic acids is 1. The number of amides is 1. The van der Waals surface area contributed by atoms with Gasteiger partial charge in [-0.2, -0.15) is 15.7 Å². The summed E-state index contributed by atoms with van der Waals surface area (Å²) in [7, 11) is 0. The number of halogens is 2. The molecule has 0 fully saturated rings. The average Bonchev–Trinajstić information content (AvgIpc) is 3.30. The van der Waals surface area contributed by atoms with E-state index in [-0.39, 0.29) is 31.3 Å². The minimum Gasteiger partial charge on any atom is -0.502 e. The van der Waals surface area contributed by atoms with E-state index >= 15 is 0 Å². The molecule has 32 heavy (non-hydrogen) atoms. The maximum Gasteiger partial charge on any atom is 0.278 e. The van der Waals surface area contributed by atoms with Gasteiger partial charge in [0.05, 0.1) is 0 Å². The number of thiophene rings is 1. The fraction of sp³-hybridized carbons (Fsp3) is 0.182. The van der Waals surface area contributed by atoms with E-state index in [2.05, 4.69) is 0 Å². The third-order valence-corrected chi connectivity index (χ3v) is 6.19. The van der Waals surface area contributed by atoms with E-state index < -0.39 is 34.8 Å². The number of ether oxygens (including phenoxy) is 1. The molecule has 0 saturated heterocycles. The Labute approximate surface area is 185 Å². The molecule has 0 saturated carbocycles. The molecule has 1 N–H and O–H groups in total. The molecule has 2 bridgehead atoms. The molecule has 7 nitrogen and oxygen atoms in total. The van der Waals surface area contributed by atoms with Crippen LogP contribution in [-0.4, -0.2) is 40.4 Å². The van der Waals surface area contributed by atoms with Gasteiger partial charge in [-0.25, -0.2) is 4.39 Å². The molecule has 10 heteroatoms. The Hall–Kier alpha value is -3.66. The van der Waals surface area contributed by atoms with Gasteiger partial charge in [-0.15, -0.1) is 0 Å². The van der Waals surface area contributed by atoms with Crippen LogP contribution in [0.25, 0.3) is 0 Å². The molecule has 2 aliphatic heterocycles. The van der Waals surface area contributed by atoms with Crippen molar-refractivity contribution in [3.05, 3.63) is 92.1 Å². The van der Waals surface area contributed by atoms with E-state index in [1.165, 1.54) is 33.2 Å². The summed E-state index contributed by atoms with van der Waals surface area (Å²) in [6.07, 6.45) is 4.65. The normalized spacial score (nSPS) is 18.9. The molecule has 1 aromatic carbocycles. The van der Waals surface area contributed by atoms with Crippen molar-refractivity contribution in [3.63, 3.8) is 0 Å². The van der Waals surface area contributed by atoms with E-state index in [0.717, 1.165) is 17.7 Å². The van der Waals surface area contributed by atoms with Crippen LogP contribution in [0.1, 0.15) is 27.7 Å². The summed E-state index contributed by atoms with van der Waals surface area (Å²) in [4.78, 5) is 26.6. The van der Waals surface area contributed by atoms with E-state index in [1.807, 2.05) is 16.8 Å². The average molecular weight is 457 g/mol. The van der Waals surface area contributed by atoms with E-state index in [9.17, 15) is 23.5 Å². The van der Waals surface area contributed by atoms with Crippen molar-refractivity contribution < 1.29 is 23.4 Å². The highest BCUT2D eigenvalue weighted by Crippen LogP contribution is 2.39. The van der Waals surface area contributed by atoms with Crippen LogP contribution in [0.3, 0.4) is 0 Å². The number of aromatic hydroxyl groups is 1. The van der Waals surface area contributed by atoms with Crippen LogP contribution in [-0.2, 0) is 0 Å². The van der Waals surface area contributed by atoms with Crippen LogP contribution in [0.4, 0.5) is 8.78 Å². The fourth-order valence-corrected chi connectivity index (χ4v) is 4.67. The summed E-state index contributed by atoms with van der Waals surface area (Å²) in [5, 5.41) is 15.9. The molecule has 164 valence electrons. The van der Waals surface area contributed by atoms with Crippen molar-refractivity contribution in [2.45, 2.75) is 6.04 Å². The van der Waals surface area contributed by atoms with E-state index in [4.69, 9.17) is 4.74 Å². The molecule has 0 aliphatic carbocycles. The number of hydrogen-bond donors (Lipinski definition) is 1. The zero-order chi connectivity index (χ0) is 22.4. The molecule has 2 aromatic heterocycles. The summed E-state index contributed by atoms with van der Waals surface area (Å²) in [5.41, 5.74) is 0.212. The van der Waals surface area contributed by atoms with E-state index in [0.29, 0.717) is 5.56 Å². The molecule has 1 amide bonds. The van der Waals surface area contributed by atoms with Crippen molar-refractivity contribution in [2.75, 3.05) is 24.8 Å². The number of pyridine rings is 1. The van der Waals surface area contributed by atoms with Gasteiger partial charge in [-0.1, -0.05) is 6.08 Å². The maximum atomic E-state index is 14.9. The Morgan fingerprint density at radius 3 is 2.75 bits per heavy atom. The molecule has 5 rings (SSSR count). The lowest BCUT2D eigenvalue weighted by molar-refractivity contribution is 0.0701. The molecule has 0 unspecified atom stereocenters. The van der Waals surface area contributed by atoms with E-state index in [1.54, 1.807) is 17.2 Å². The minimum atomic E-state index is -1.11. The Kier molecular flexibility index (Phi) is 4.93. The van der Waals surface area contributed by atoms with Gasteiger partial charge in [0, 0.05) is 24.4 Å². The number of benzene rings is 1. The zero-order valence-corrected chi connectivity index (χ0v) is 17.4. The first-order chi connectivity index (χ1) is 15.5. The number of fused-ring (bicyclic) bond motifs is 5. The fourth-order valence-electron chi connectivity index (χ4n) is 3.99. The van der Waals surface area contributed by atoms with Crippen LogP contribution in [0.5, 0.6) is 11.5 Å². The standard InChI is InChI=1S/C22H17F2N3O4S/c23-15-4-3-14-18(13-6-10-32-11-13)27-12-25(7-1-2-9-31-21(14)17(15)24)22(30)19-20(29)16(28)5-8-26(19)27/h1-6,8,10-11,18,29H,7,9,12H2/b2-1-/t18-/m1/s1. The molecule has 3 aromatic rings. The number of nitrogens with zero attached hydrogens (tertiary/aromatic N) is 3. The number of carbonyl (C=O) groups is 1. The summed E-state index contributed by atoms with van der Waals surface area (Å²) in [6, 6.07) is 4.76. The Balaban J connectivity index is 1.82. The topological polar surface area (TPSA) is 75.0 Å². The van der Waals surface area contributed by atoms with Gasteiger partial charge in [-0.05, 0) is 40.6 Å². The largest absolute Gasteiger partial charge is 0.502 e. The van der Waals surface area contributed by atoms with Gasteiger partial charge in [0.2, 0.25) is 11.2 Å². The third-order valence-electron chi connectivity index (χ3n) is 5.48. The second-order valence-corrected chi connectivity index (χ2v) is 8.13. The van der Waals surface area contributed by atoms with Crippen LogP contribution < -0.4 is 15.2 Å². The number of aromatic nitrogens is 1. The third kappa shape index (κ3) is 3.14. The number of rotatable bonds is 1. The Morgan fingerprint density at radius 2 is 1.97 bits per heavy atom. The Bertz CT molecular complexity index is 1290. The first-order valence-corrected chi connectivity index (χ1v) is 10.7. The maximum absolute atomic E-state index is 14.9. The molecular weight excluding hydrogens is 440 g/mol. The lowest BCUT2D eigenvalue weighted by Crippen LogP contribution is -2.55. The van der Waals surface area contributed by atoms with Crippen molar-refractivity contribution in [2.24, 2.45) is 0 Å². The Morgan fingerprint density at radius 1 is 1.12 bits per heavy atom. The summed E-state index contributed by atoms with van der Waals surface area (Å²) in [5.74, 6) is -3.57. The van der Waals surface area contributed by atoms with Crippen LogP contribution in [0.15, 0.2) is 58.2 Å². The highest BCUT2D eigenvalue weighted by atomic mass is 32.1. The van der Waals surface area contributed by atoms with Gasteiger partial charge >= 0.3 is 0 Å². The van der Waals surface area contributed by atoms with Crippen LogP contribution >= 0.6 is 11.3 Å². The smallest absolute Gasteiger partial charge is 0.278 e. The van der Waals surface area contributed by atoms with Crippen molar-refractivity contribution in [1.29, 1.82) is 0 Å². The van der Waals surface area contributed by atoms with Crippen LogP contribution in [0, 0.1) is 11.6 Å². The zero-order valence-electron chi connectivity index (χ0n) is 16.6.